The summed E-state index contributed by atoms with van der Waals surface area (Å²) in [7, 11) is 0. The number of phenolic OH excluding ortho intramolecular Hbond substituents is 1. The number of benzene rings is 2. The van der Waals surface area contributed by atoms with Crippen LogP contribution in [0.2, 0.25) is 0 Å². The van der Waals surface area contributed by atoms with Gasteiger partial charge < -0.3 is 15.5 Å². The van der Waals surface area contributed by atoms with Crippen molar-refractivity contribution in [3.05, 3.63) is 83.7 Å². The summed E-state index contributed by atoms with van der Waals surface area (Å²) < 4.78 is 0. The van der Waals surface area contributed by atoms with Gasteiger partial charge in [0.15, 0.2) is 0 Å². The van der Waals surface area contributed by atoms with Gasteiger partial charge >= 0.3 is 0 Å². The summed E-state index contributed by atoms with van der Waals surface area (Å²) in [6.07, 6.45) is 3.26. The molecule has 3 N–H and O–H groups in total. The topological polar surface area (TPSA) is 99.5 Å². The number of hydrogen-bond donors (Lipinski definition) is 3. The molecule has 1 aromatic heterocycles. The van der Waals surface area contributed by atoms with E-state index >= 15 is 0 Å². The molecule has 3 rings (SSSR count). The maximum absolute atomic E-state index is 12.3. The molecule has 6 nitrogen and oxygen atoms in total. The van der Waals surface area contributed by atoms with E-state index < -0.39 is 0 Å². The van der Waals surface area contributed by atoms with Gasteiger partial charge in [-0.2, -0.15) is 0 Å². The minimum atomic E-state index is -0.250. The zero-order valence-corrected chi connectivity index (χ0v) is 14.8. The monoisotopic (exact) mass is 364 g/mol. The average Bonchev–Trinajstić information content (AvgIpc) is 2.70. The highest BCUT2D eigenvalue weighted by atomic mass is 16.3. The van der Waals surface area contributed by atoms with Crippen LogP contribution in [0.1, 0.15) is 21.5 Å². The Morgan fingerprint density at radius 3 is 2.44 bits per heavy atom. The molecule has 27 heavy (non-hydrogen) atoms. The van der Waals surface area contributed by atoms with Gasteiger partial charge in [-0.25, -0.2) is 0 Å². The van der Waals surface area contributed by atoms with E-state index in [0.29, 0.717) is 12.1 Å². The molecule has 0 fully saturated rings. The number of aromatic hydroxyl groups is 1. The molecule has 0 radical (unpaired) electrons. The first-order valence-electron chi connectivity index (χ1n) is 8.20. The summed E-state index contributed by atoms with van der Waals surface area (Å²) in [4.78, 5) is 24.9. The average molecular weight is 364 g/mol. The second-order valence-electron chi connectivity index (χ2n) is 5.74. The summed E-state index contributed by atoms with van der Waals surface area (Å²) in [6, 6.07) is 16.9. The third-order valence-electron chi connectivity index (χ3n) is 3.83. The zero-order valence-electron chi connectivity index (χ0n) is 14.8. The Balaban J connectivity index is 0.000000817. The van der Waals surface area contributed by atoms with Crippen molar-refractivity contribution in [1.82, 2.24) is 10.3 Å². The van der Waals surface area contributed by atoms with E-state index in [1.165, 1.54) is 0 Å². The number of amides is 1. The Kier molecular flexibility index (Phi) is 7.07. The lowest BCUT2D eigenvalue weighted by molar-refractivity contribution is -0.122. The number of pyridine rings is 1. The molecule has 0 saturated carbocycles. The summed E-state index contributed by atoms with van der Waals surface area (Å²) in [5.74, 6) is 0.0900. The second-order valence-corrected chi connectivity index (χ2v) is 5.74. The van der Waals surface area contributed by atoms with Crippen LogP contribution in [0, 0.1) is 6.92 Å². The molecule has 0 bridgehead atoms. The first kappa shape index (κ1) is 19.7. The van der Waals surface area contributed by atoms with Gasteiger partial charge in [-0.3, -0.25) is 14.6 Å². The fraction of sp³-hybridized carbons (Fsp3) is 0.0952. The number of aryl methyl sites for hydroxylation is 1. The van der Waals surface area contributed by atoms with Crippen LogP contribution in [0.15, 0.2) is 67.0 Å². The van der Waals surface area contributed by atoms with Crippen molar-refractivity contribution >= 4 is 12.4 Å². The zero-order chi connectivity index (χ0) is 19.6. The highest BCUT2D eigenvalue weighted by molar-refractivity contribution is 5.95. The molecule has 0 unspecified atom stereocenters. The Morgan fingerprint density at radius 1 is 1.07 bits per heavy atom. The van der Waals surface area contributed by atoms with Crippen LogP contribution in [0.3, 0.4) is 0 Å². The molecule has 2 aromatic carbocycles. The minimum absolute atomic E-state index is 0.163. The standard InChI is InChI=1S/C20H18N2O2.CH2O2/c1-14-9-16(7-8-19(14)23)17-10-18(13-21-12-17)20(24)22-11-15-5-3-2-4-6-15;2-1-3/h2-10,12-13,23H,11H2,1H3,(H,22,24);1H,(H,2,3). The Bertz CT molecular complexity index is 911. The molecule has 0 aliphatic heterocycles. The Hall–Kier alpha value is -3.67. The van der Waals surface area contributed by atoms with Gasteiger partial charge in [-0.15, -0.1) is 0 Å². The summed E-state index contributed by atoms with van der Waals surface area (Å²) in [5, 5.41) is 19.4. The van der Waals surface area contributed by atoms with Crippen molar-refractivity contribution in [3.63, 3.8) is 0 Å². The lowest BCUT2D eigenvalue weighted by Gasteiger charge is -2.08. The van der Waals surface area contributed by atoms with E-state index in [4.69, 9.17) is 9.90 Å². The summed E-state index contributed by atoms with van der Waals surface area (Å²) in [6.45, 7) is 2.06. The molecule has 6 heteroatoms. The number of carboxylic acid groups (broad SMARTS) is 1. The van der Waals surface area contributed by atoms with Gasteiger partial charge in [-0.1, -0.05) is 36.4 Å². The first-order valence-corrected chi connectivity index (χ1v) is 8.20. The van der Waals surface area contributed by atoms with Gasteiger partial charge in [-0.05, 0) is 41.8 Å². The molecule has 0 saturated heterocycles. The number of rotatable bonds is 4. The van der Waals surface area contributed by atoms with E-state index in [-0.39, 0.29) is 18.1 Å². The maximum Gasteiger partial charge on any atom is 0.290 e. The van der Waals surface area contributed by atoms with Crippen molar-refractivity contribution in [3.8, 4) is 16.9 Å². The molecule has 0 spiro atoms. The summed E-state index contributed by atoms with van der Waals surface area (Å²) >= 11 is 0. The van der Waals surface area contributed by atoms with Crippen molar-refractivity contribution in [2.24, 2.45) is 0 Å². The van der Waals surface area contributed by atoms with E-state index in [1.807, 2.05) is 49.4 Å². The number of nitrogens with one attached hydrogen (secondary N) is 1. The number of carbonyl (C=O) groups excluding carboxylic acids is 1. The van der Waals surface area contributed by atoms with E-state index in [0.717, 1.165) is 22.3 Å². The molecular weight excluding hydrogens is 344 g/mol. The first-order chi connectivity index (χ1) is 13.0. The minimum Gasteiger partial charge on any atom is -0.508 e. The molecule has 0 atom stereocenters. The van der Waals surface area contributed by atoms with Crippen molar-refractivity contribution < 1.29 is 19.8 Å². The molecule has 0 aliphatic rings. The Morgan fingerprint density at radius 2 is 1.78 bits per heavy atom. The van der Waals surface area contributed by atoms with Crippen LogP contribution < -0.4 is 5.32 Å². The molecule has 138 valence electrons. The van der Waals surface area contributed by atoms with Gasteiger partial charge in [0.2, 0.25) is 0 Å². The van der Waals surface area contributed by atoms with Crippen LogP contribution >= 0.6 is 0 Å². The normalized spacial score (nSPS) is 9.67. The van der Waals surface area contributed by atoms with Crippen LogP contribution in [0.5, 0.6) is 5.75 Å². The third-order valence-corrected chi connectivity index (χ3v) is 3.83. The second kappa shape index (κ2) is 9.72. The predicted molar refractivity (Wildman–Crippen MR) is 102 cm³/mol. The third kappa shape index (κ3) is 5.67. The number of hydrogen-bond acceptors (Lipinski definition) is 4. The van der Waals surface area contributed by atoms with Crippen molar-refractivity contribution in [1.29, 1.82) is 0 Å². The van der Waals surface area contributed by atoms with Gasteiger partial charge in [0.05, 0.1) is 5.56 Å². The number of phenols is 1. The summed E-state index contributed by atoms with van der Waals surface area (Å²) in [5.41, 5.74) is 4.09. The van der Waals surface area contributed by atoms with E-state index in [1.54, 1.807) is 24.5 Å². The Labute approximate surface area is 157 Å². The van der Waals surface area contributed by atoms with Crippen LogP contribution in [0.25, 0.3) is 11.1 Å². The van der Waals surface area contributed by atoms with Crippen molar-refractivity contribution in [2.75, 3.05) is 0 Å². The largest absolute Gasteiger partial charge is 0.508 e. The van der Waals surface area contributed by atoms with E-state index in [2.05, 4.69) is 10.3 Å². The predicted octanol–water partition coefficient (Wildman–Crippen LogP) is 3.39. The highest BCUT2D eigenvalue weighted by Crippen LogP contribution is 2.25. The lowest BCUT2D eigenvalue weighted by atomic mass is 10.0. The number of carbonyl (C=O) groups is 2. The van der Waals surface area contributed by atoms with Crippen LogP contribution in [0.4, 0.5) is 0 Å². The SMILES string of the molecule is Cc1cc(-c2cncc(C(=O)NCc3ccccc3)c2)ccc1O.O=CO. The van der Waals surface area contributed by atoms with E-state index in [9.17, 15) is 9.90 Å². The van der Waals surface area contributed by atoms with Crippen LogP contribution in [-0.2, 0) is 11.3 Å². The van der Waals surface area contributed by atoms with Gasteiger partial charge in [0.1, 0.15) is 5.75 Å². The van der Waals surface area contributed by atoms with Gasteiger partial charge in [0.25, 0.3) is 12.4 Å². The molecular formula is C21H20N2O4. The molecule has 0 aliphatic carbocycles. The van der Waals surface area contributed by atoms with Crippen molar-refractivity contribution in [2.45, 2.75) is 13.5 Å². The fourth-order valence-corrected chi connectivity index (χ4v) is 2.44. The molecule has 1 amide bonds. The highest BCUT2D eigenvalue weighted by Gasteiger charge is 2.08. The number of aromatic nitrogens is 1. The van der Waals surface area contributed by atoms with Gasteiger partial charge in [0, 0.05) is 24.5 Å². The molecule has 3 aromatic rings. The van der Waals surface area contributed by atoms with Crippen LogP contribution in [-0.4, -0.2) is 27.6 Å². The maximum atomic E-state index is 12.3. The molecule has 1 heterocycles. The lowest BCUT2D eigenvalue weighted by Crippen LogP contribution is -2.22. The fourth-order valence-electron chi connectivity index (χ4n) is 2.44. The number of nitrogens with zero attached hydrogens (tertiary/aromatic N) is 1. The smallest absolute Gasteiger partial charge is 0.290 e. The quantitative estimate of drug-likeness (QED) is 0.616.